The third kappa shape index (κ3) is 24.7. The maximum Gasteiger partial charge on any atom is 0.320 e. The number of likely N-dealkylation sites (N-methyl/N-ethyl adjacent to an activating group) is 3. The second-order valence-corrected chi connectivity index (χ2v) is 26.4. The number of hydrogen-bond acceptors (Lipinski definition) is 19. The Kier molecular flexibility index (Phi) is 33.0. The number of cyclic esters (lactones) is 3. The molecule has 12 atom stereocenters. The molecule has 26 nitrogen and oxygen atoms in total. The van der Waals surface area contributed by atoms with Gasteiger partial charge >= 0.3 is 23.9 Å². The molecule has 101 heavy (non-hydrogen) atoms. The summed E-state index contributed by atoms with van der Waals surface area (Å²) in [7, 11) is 5.55. The van der Waals surface area contributed by atoms with Crippen LogP contribution in [-0.2, 0) is 124 Å². The predicted molar refractivity (Wildman–Crippen MR) is 366 cm³/mol. The average molecular weight is 1490 g/mol. The molecule has 6 N–H and O–H groups in total. The van der Waals surface area contributed by atoms with E-state index in [0.717, 1.165) is 94.0 Å². The van der Waals surface area contributed by atoms with Crippen LogP contribution in [0.5, 0.6) is 0 Å². The van der Waals surface area contributed by atoms with E-state index in [9.17, 15) is 47.9 Å². The van der Waals surface area contributed by atoms with Crippen molar-refractivity contribution in [2.45, 2.75) is 203 Å². The van der Waals surface area contributed by atoms with Crippen LogP contribution in [0.25, 0.3) is 0 Å². The molecule has 7 fully saturated rings. The average Bonchev–Trinajstić information content (AvgIpc) is 1.83. The summed E-state index contributed by atoms with van der Waals surface area (Å²) in [5.74, 6) is -3.49. The molecule has 0 aromatic heterocycles. The van der Waals surface area contributed by atoms with Crippen LogP contribution in [-0.4, -0.2) is 205 Å². The summed E-state index contributed by atoms with van der Waals surface area (Å²) in [6.45, 7) is 6.99. The molecule has 0 aliphatic carbocycles. The standard InChI is InChI=1S/C27H29ClN3O6.C21H29N3O5.C18H24N2O4.C7H13NO2.Y/c1-17(29-24(33)19-10-7-11-20(28)14-19)26(35)31-13-6-5-12-22(31)25(34)30-21-15-23(32)37-27(21)36-16-18-8-3-2-4-9-18;1-14(22-2)20(27)24-11-7-6-10-17(24)19(26)23-16-12-18(25)29-21(16)28-13-15-8-4-3-5-9-15;1-20-10-6-5-9-15(20)17(22)19-14-11-16(21)24-18(14)23-12-13-7-3-2-4-8-13;1-8-5-3-2-4-6(8)7(9)10;/h2-4,7-10,14,17,21-22,27H,5-6,12-13,15-16H2,1H3,(H,29,33)(H,30,34);3-5,8-9,14,16-17,21-22H,6-7,10-13H2,1-2H3,(H,23,26);2-4,7-8,14-15,18H,5-6,9-12H2,1H3,(H,19,22);6H,2-5H2,1H3,(H,9,10);/q-1;;;;/t17-,21-,22-,27?;14-,16-,17-,21?;14-,15-,18?;6-;/m0000./s1. The minimum atomic E-state index is -0.919. The minimum Gasteiger partial charge on any atom is -0.480 e. The molecule has 7 saturated heterocycles. The van der Waals surface area contributed by atoms with Crippen LogP contribution < -0.4 is 26.6 Å². The zero-order chi connectivity index (χ0) is 71.7. The van der Waals surface area contributed by atoms with Crippen molar-refractivity contribution in [3.05, 3.63) is 143 Å². The molecule has 1 radical (unpaired) electrons. The van der Waals surface area contributed by atoms with Crippen molar-refractivity contribution in [1.82, 2.24) is 46.2 Å². The summed E-state index contributed by atoms with van der Waals surface area (Å²) in [5, 5.41) is 23.3. The molecular weight excluding hydrogens is 1400 g/mol. The van der Waals surface area contributed by atoms with Crippen molar-refractivity contribution < 1.29 is 114 Å². The Morgan fingerprint density at radius 3 is 1.24 bits per heavy atom. The number of piperidine rings is 4. The quantitative estimate of drug-likeness (QED) is 0.0338. The van der Waals surface area contributed by atoms with Gasteiger partial charge in [-0.25, -0.2) is 0 Å². The Morgan fingerprint density at radius 2 is 0.881 bits per heavy atom. The van der Waals surface area contributed by atoms with E-state index in [4.69, 9.17) is 45.1 Å². The number of ether oxygens (including phenoxy) is 6. The second-order valence-electron chi connectivity index (χ2n) is 26.0. The molecule has 0 spiro atoms. The van der Waals surface area contributed by atoms with E-state index in [2.05, 4.69) is 37.6 Å². The van der Waals surface area contributed by atoms with E-state index >= 15 is 0 Å². The molecular formula is C73H95ClN9O17Y-. The molecule has 0 bridgehead atoms. The maximum atomic E-state index is 13.3. The summed E-state index contributed by atoms with van der Waals surface area (Å²) in [5.41, 5.74) is 3.17. The third-order valence-corrected chi connectivity index (χ3v) is 18.7. The Bertz CT molecular complexity index is 3390. The van der Waals surface area contributed by atoms with Gasteiger partial charge in [0.05, 0.1) is 51.2 Å². The van der Waals surface area contributed by atoms with Crippen LogP contribution >= 0.6 is 11.6 Å². The number of nitrogens with one attached hydrogen (secondary N) is 5. The Balaban J connectivity index is 0.000000201. The van der Waals surface area contributed by atoms with Crippen LogP contribution in [0.1, 0.15) is 137 Å². The van der Waals surface area contributed by atoms with Gasteiger partial charge in [0.25, 0.3) is 0 Å². The molecule has 4 aromatic carbocycles. The molecule has 6 amide bonds. The number of amides is 6. The maximum absolute atomic E-state index is 13.3. The van der Waals surface area contributed by atoms with Crippen molar-refractivity contribution in [1.29, 1.82) is 0 Å². The normalized spacial score (nSPS) is 24.8. The summed E-state index contributed by atoms with van der Waals surface area (Å²) < 4.78 is 33.0. The molecule has 0 saturated carbocycles. The van der Waals surface area contributed by atoms with E-state index < -0.39 is 78.9 Å². The van der Waals surface area contributed by atoms with Gasteiger partial charge in [-0.05, 0) is 129 Å². The topological polar surface area (TPSA) is 319 Å². The van der Waals surface area contributed by atoms with Gasteiger partial charge in [0, 0.05) is 45.8 Å². The number of halogens is 1. The van der Waals surface area contributed by atoms with E-state index in [1.165, 1.54) is 17.0 Å². The fourth-order valence-corrected chi connectivity index (χ4v) is 13.0. The SMILES string of the molecule is CN1CCCC[C@H]1C(=O)N[C@H]1CC(=O)OC1OCc1ccccc1.CN1CCCC[C@H]1C(=O)O.CN[C@@H](C)C(=O)N1CCCC[C@H]1C(=O)N[C@H]1CC(=O)OC1OCc1ccccc1.C[C@H](NC(=O)c1cc[c-]c(Cl)c1)C(=O)N1CCCC[C@H]1C(=O)N[C@H]1CC(=O)OC1OCc1ccccc1.[Y]. The van der Waals surface area contributed by atoms with Crippen molar-refractivity contribution in [3.63, 3.8) is 0 Å². The van der Waals surface area contributed by atoms with Crippen molar-refractivity contribution in [2.75, 3.05) is 47.3 Å². The summed E-state index contributed by atoms with van der Waals surface area (Å²) >= 11 is 5.91. The summed E-state index contributed by atoms with van der Waals surface area (Å²) in [6.07, 6.45) is 8.08. The third-order valence-electron chi connectivity index (χ3n) is 18.5. The molecule has 7 aliphatic heterocycles. The number of likely N-dealkylation sites (tertiary alicyclic amines) is 4. The second kappa shape index (κ2) is 41.1. The number of nitrogens with zero attached hydrogens (tertiary/aromatic N) is 4. The van der Waals surface area contributed by atoms with Crippen LogP contribution in [0.3, 0.4) is 0 Å². The zero-order valence-electron chi connectivity index (χ0n) is 58.1. The van der Waals surface area contributed by atoms with Crippen molar-refractivity contribution >= 4 is 70.9 Å². The first-order valence-corrected chi connectivity index (χ1v) is 34.9. The van der Waals surface area contributed by atoms with Gasteiger partial charge in [-0.3, -0.25) is 57.7 Å². The number of benzene rings is 4. The smallest absolute Gasteiger partial charge is 0.320 e. The molecule has 4 aromatic rings. The number of carbonyl (C=O) groups excluding carboxylic acids is 9. The van der Waals surface area contributed by atoms with E-state index in [1.54, 1.807) is 31.9 Å². The van der Waals surface area contributed by atoms with Gasteiger partial charge in [-0.2, -0.15) is 18.2 Å². The van der Waals surface area contributed by atoms with Crippen LogP contribution in [0.15, 0.2) is 109 Å². The number of carbonyl (C=O) groups is 10. The van der Waals surface area contributed by atoms with Crippen LogP contribution in [0.4, 0.5) is 0 Å². The number of carboxylic acid groups (broad SMARTS) is 1. The van der Waals surface area contributed by atoms with E-state index in [1.807, 2.05) is 110 Å². The molecule has 7 heterocycles. The Hall–Kier alpha value is -7.27. The van der Waals surface area contributed by atoms with Crippen LogP contribution in [0.2, 0.25) is 5.02 Å². The Morgan fingerprint density at radius 1 is 0.525 bits per heavy atom. The number of esters is 3. The van der Waals surface area contributed by atoms with Crippen molar-refractivity contribution in [3.8, 4) is 0 Å². The number of rotatable bonds is 21. The fourth-order valence-electron chi connectivity index (χ4n) is 12.8. The van der Waals surface area contributed by atoms with Crippen LogP contribution in [0, 0.1) is 6.07 Å². The zero-order valence-corrected chi connectivity index (χ0v) is 61.7. The number of carboxylic acids is 1. The minimum absolute atomic E-state index is 0. The summed E-state index contributed by atoms with van der Waals surface area (Å²) in [4.78, 5) is 130. The molecule has 545 valence electrons. The molecule has 7 aliphatic rings. The monoisotopic (exact) mass is 1490 g/mol. The number of aliphatic carboxylic acids is 1. The van der Waals surface area contributed by atoms with Gasteiger partial charge in [-0.15, -0.1) is 17.7 Å². The van der Waals surface area contributed by atoms with Gasteiger partial charge in [0.1, 0.15) is 42.3 Å². The first-order chi connectivity index (χ1) is 48.1. The molecule has 11 rings (SSSR count). The fraction of sp³-hybridized carbons (Fsp3) is 0.534. The molecule has 28 heteroatoms. The first-order valence-electron chi connectivity index (χ1n) is 34.5. The van der Waals surface area contributed by atoms with Gasteiger partial charge in [0.2, 0.25) is 54.3 Å². The summed E-state index contributed by atoms with van der Waals surface area (Å²) in [6, 6.07) is 31.4. The first kappa shape index (κ1) is 81.0. The van der Waals surface area contributed by atoms with E-state index in [-0.39, 0.29) is 119 Å². The van der Waals surface area contributed by atoms with Gasteiger partial charge in [-0.1, -0.05) is 114 Å². The van der Waals surface area contributed by atoms with E-state index in [0.29, 0.717) is 43.1 Å². The Labute approximate surface area is 620 Å². The van der Waals surface area contributed by atoms with Gasteiger partial charge < -0.3 is 69.9 Å². The van der Waals surface area contributed by atoms with Crippen molar-refractivity contribution in [2.24, 2.45) is 0 Å². The predicted octanol–water partition coefficient (Wildman–Crippen LogP) is 5.56. The molecule has 3 unspecified atom stereocenters. The number of hydrogen-bond donors (Lipinski definition) is 6. The largest absolute Gasteiger partial charge is 0.480 e. The van der Waals surface area contributed by atoms with Gasteiger partial charge in [0.15, 0.2) is 0 Å².